The average Bonchev–Trinajstić information content (AvgIpc) is 3.21. The highest BCUT2D eigenvalue weighted by Gasteiger charge is 2.42. The number of carbonyl (C=O) groups excluding carboxylic acids is 1. The van der Waals surface area contributed by atoms with E-state index in [-0.39, 0.29) is 34.7 Å². The minimum absolute atomic E-state index is 0.00430. The Bertz CT molecular complexity index is 1130. The van der Waals surface area contributed by atoms with Crippen LogP contribution in [0.5, 0.6) is 0 Å². The highest BCUT2D eigenvalue weighted by Crippen LogP contribution is 2.35. The van der Waals surface area contributed by atoms with Crippen molar-refractivity contribution < 1.29 is 13.2 Å². The quantitative estimate of drug-likeness (QED) is 0.764. The smallest absolute Gasteiger partial charge is 0.251 e. The summed E-state index contributed by atoms with van der Waals surface area (Å²) >= 11 is 1.47. The molecule has 1 saturated heterocycles. The second kappa shape index (κ2) is 7.74. The van der Waals surface area contributed by atoms with E-state index in [1.54, 1.807) is 6.07 Å². The number of thioether (sulfide) groups is 1. The van der Waals surface area contributed by atoms with Crippen molar-refractivity contribution in [3.8, 4) is 0 Å². The number of rotatable bonds is 3. The molecule has 2 aliphatic heterocycles. The fraction of sp³-hybridized carbons (Fsp3) is 0.364. The lowest BCUT2D eigenvalue weighted by molar-refractivity contribution is 0.0933. The molecule has 2 aromatic carbocycles. The largest absolute Gasteiger partial charge is 0.345 e. The van der Waals surface area contributed by atoms with E-state index in [9.17, 15) is 13.2 Å². The van der Waals surface area contributed by atoms with Gasteiger partial charge in [0.15, 0.2) is 15.0 Å². The van der Waals surface area contributed by atoms with E-state index in [0.29, 0.717) is 5.56 Å². The molecule has 1 amide bonds. The lowest BCUT2D eigenvalue weighted by Crippen LogP contribution is -2.31. The Balaban J connectivity index is 1.27. The number of amidine groups is 1. The number of aryl methyl sites for hydroxylation is 1. The molecule has 2 heterocycles. The van der Waals surface area contributed by atoms with Crippen LogP contribution >= 0.6 is 11.8 Å². The Kier molecular flexibility index (Phi) is 5.06. The molecule has 3 aliphatic rings. The molecule has 2 N–H and O–H groups in total. The lowest BCUT2D eigenvalue weighted by atomic mass is 9.87. The Morgan fingerprint density at radius 3 is 2.83 bits per heavy atom. The van der Waals surface area contributed by atoms with Crippen molar-refractivity contribution in [2.75, 3.05) is 16.8 Å². The maximum atomic E-state index is 12.9. The summed E-state index contributed by atoms with van der Waals surface area (Å²) in [6.45, 7) is 0. The predicted octanol–water partition coefficient (Wildman–Crippen LogP) is 3.17. The first-order chi connectivity index (χ1) is 14.5. The van der Waals surface area contributed by atoms with Crippen LogP contribution < -0.4 is 10.6 Å². The zero-order valence-corrected chi connectivity index (χ0v) is 18.0. The molecule has 8 heteroatoms. The van der Waals surface area contributed by atoms with Gasteiger partial charge in [0.2, 0.25) is 0 Å². The summed E-state index contributed by atoms with van der Waals surface area (Å²) in [5.41, 5.74) is 3.90. The number of aliphatic imine (C=N–C) groups is 1. The highest BCUT2D eigenvalue weighted by atomic mass is 32.2. The number of anilines is 1. The van der Waals surface area contributed by atoms with Gasteiger partial charge in [-0.15, -0.1) is 0 Å². The molecule has 156 valence electrons. The van der Waals surface area contributed by atoms with Crippen LogP contribution in [-0.2, 0) is 16.3 Å². The molecule has 1 fully saturated rings. The SMILES string of the molecule is O=C(N[C@@H]1CCCc2ccccc21)c1cccc(NC2=N[C@H]3CS(=O)(=O)C[C@H]3S2)c1. The van der Waals surface area contributed by atoms with Crippen LogP contribution in [0.2, 0.25) is 0 Å². The maximum absolute atomic E-state index is 12.9. The Labute approximate surface area is 180 Å². The minimum Gasteiger partial charge on any atom is -0.345 e. The van der Waals surface area contributed by atoms with Gasteiger partial charge in [0.05, 0.1) is 23.6 Å². The van der Waals surface area contributed by atoms with Crippen LogP contribution in [-0.4, -0.2) is 42.3 Å². The number of hydrogen-bond donors (Lipinski definition) is 2. The van der Waals surface area contributed by atoms with Crippen molar-refractivity contribution in [3.05, 3.63) is 65.2 Å². The second-order valence-corrected chi connectivity index (χ2v) is 11.4. The summed E-state index contributed by atoms with van der Waals surface area (Å²) in [4.78, 5) is 17.4. The Morgan fingerprint density at radius 2 is 1.97 bits per heavy atom. The van der Waals surface area contributed by atoms with Crippen LogP contribution in [0.15, 0.2) is 53.5 Å². The summed E-state index contributed by atoms with van der Waals surface area (Å²) in [5.74, 6) is 0.216. The van der Waals surface area contributed by atoms with Gasteiger partial charge in [-0.25, -0.2) is 8.42 Å². The molecule has 30 heavy (non-hydrogen) atoms. The van der Waals surface area contributed by atoms with Crippen molar-refractivity contribution in [3.63, 3.8) is 0 Å². The normalized spacial score (nSPS) is 26.4. The van der Waals surface area contributed by atoms with Gasteiger partial charge in [0.25, 0.3) is 5.91 Å². The van der Waals surface area contributed by atoms with E-state index in [0.717, 1.165) is 30.1 Å². The number of carbonyl (C=O) groups is 1. The van der Waals surface area contributed by atoms with E-state index >= 15 is 0 Å². The monoisotopic (exact) mass is 441 g/mol. The molecular weight excluding hydrogens is 418 g/mol. The third kappa shape index (κ3) is 3.98. The number of benzene rings is 2. The number of hydrogen-bond acceptors (Lipinski definition) is 6. The third-order valence-corrected chi connectivity index (χ3v) is 9.01. The van der Waals surface area contributed by atoms with E-state index in [1.165, 1.54) is 22.9 Å². The second-order valence-electron chi connectivity index (χ2n) is 8.06. The molecule has 0 spiro atoms. The van der Waals surface area contributed by atoms with Crippen molar-refractivity contribution in [2.45, 2.75) is 36.6 Å². The number of nitrogens with one attached hydrogen (secondary N) is 2. The molecule has 5 rings (SSSR count). The standard InChI is InChI=1S/C22H23N3O3S2/c26-21(24-18-10-4-6-14-5-1-2-9-17(14)18)15-7-3-8-16(11-15)23-22-25-19-12-30(27,28)13-20(19)29-22/h1-3,5,7-9,11,18-20H,4,6,10,12-13H2,(H,23,25)(H,24,26)/t18-,19+,20-/m1/s1. The topological polar surface area (TPSA) is 87.6 Å². The van der Waals surface area contributed by atoms with Crippen LogP contribution in [0.1, 0.15) is 40.4 Å². The average molecular weight is 442 g/mol. The van der Waals surface area contributed by atoms with Gasteiger partial charge in [-0.2, -0.15) is 0 Å². The molecular formula is C22H23N3O3S2. The van der Waals surface area contributed by atoms with Gasteiger partial charge >= 0.3 is 0 Å². The Morgan fingerprint density at radius 1 is 1.10 bits per heavy atom. The minimum atomic E-state index is -2.96. The highest BCUT2D eigenvalue weighted by molar-refractivity contribution is 8.15. The summed E-state index contributed by atoms with van der Waals surface area (Å²) < 4.78 is 23.4. The van der Waals surface area contributed by atoms with E-state index < -0.39 is 9.84 Å². The fourth-order valence-electron chi connectivity index (χ4n) is 4.42. The molecule has 0 aromatic heterocycles. The summed E-state index contributed by atoms with van der Waals surface area (Å²) in [5, 5.41) is 7.15. The van der Waals surface area contributed by atoms with Crippen LogP contribution in [0.4, 0.5) is 5.69 Å². The first kappa shape index (κ1) is 19.6. The van der Waals surface area contributed by atoms with Gasteiger partial charge in [0.1, 0.15) is 0 Å². The predicted molar refractivity (Wildman–Crippen MR) is 121 cm³/mol. The fourth-order valence-corrected chi connectivity index (χ4v) is 8.10. The molecule has 3 atom stereocenters. The third-order valence-electron chi connectivity index (χ3n) is 5.87. The van der Waals surface area contributed by atoms with Gasteiger partial charge in [-0.1, -0.05) is 42.1 Å². The number of amides is 1. The molecule has 0 saturated carbocycles. The molecule has 0 radical (unpaired) electrons. The van der Waals surface area contributed by atoms with Crippen LogP contribution in [0, 0.1) is 0 Å². The molecule has 0 unspecified atom stereocenters. The molecule has 1 aliphatic carbocycles. The molecule has 2 aromatic rings. The molecule has 6 nitrogen and oxygen atoms in total. The summed E-state index contributed by atoms with van der Waals surface area (Å²) in [6, 6.07) is 15.5. The van der Waals surface area contributed by atoms with E-state index in [1.807, 2.05) is 30.3 Å². The first-order valence-corrected chi connectivity index (χ1v) is 12.9. The van der Waals surface area contributed by atoms with Gasteiger partial charge in [-0.05, 0) is 48.6 Å². The maximum Gasteiger partial charge on any atom is 0.251 e. The van der Waals surface area contributed by atoms with Gasteiger partial charge < -0.3 is 10.6 Å². The van der Waals surface area contributed by atoms with Crippen molar-refractivity contribution >= 4 is 38.4 Å². The lowest BCUT2D eigenvalue weighted by Gasteiger charge is -2.26. The van der Waals surface area contributed by atoms with Crippen molar-refractivity contribution in [1.82, 2.24) is 5.32 Å². The Hall–Kier alpha value is -2.32. The first-order valence-electron chi connectivity index (χ1n) is 10.2. The van der Waals surface area contributed by atoms with Crippen molar-refractivity contribution in [1.29, 1.82) is 0 Å². The zero-order chi connectivity index (χ0) is 20.7. The van der Waals surface area contributed by atoms with Gasteiger partial charge in [-0.3, -0.25) is 9.79 Å². The number of nitrogens with zero attached hydrogens (tertiary/aromatic N) is 1. The van der Waals surface area contributed by atoms with Gasteiger partial charge in [0, 0.05) is 16.5 Å². The van der Waals surface area contributed by atoms with E-state index in [2.05, 4.69) is 27.8 Å². The molecule has 0 bridgehead atoms. The number of fused-ring (bicyclic) bond motifs is 2. The summed E-state index contributed by atoms with van der Waals surface area (Å²) in [6.07, 6.45) is 3.07. The van der Waals surface area contributed by atoms with E-state index in [4.69, 9.17) is 0 Å². The number of sulfone groups is 1. The van der Waals surface area contributed by atoms with Crippen LogP contribution in [0.25, 0.3) is 0 Å². The zero-order valence-electron chi connectivity index (χ0n) is 16.4. The van der Waals surface area contributed by atoms with Crippen LogP contribution in [0.3, 0.4) is 0 Å². The summed E-state index contributed by atoms with van der Waals surface area (Å²) in [7, 11) is -2.96. The van der Waals surface area contributed by atoms with Crippen molar-refractivity contribution in [2.24, 2.45) is 4.99 Å².